The van der Waals surface area contributed by atoms with Gasteiger partial charge in [-0.3, -0.25) is 0 Å². The van der Waals surface area contributed by atoms with Gasteiger partial charge in [-0.2, -0.15) is 0 Å². The predicted octanol–water partition coefficient (Wildman–Crippen LogP) is 4.96. The lowest BCUT2D eigenvalue weighted by atomic mass is 10.1. The normalized spacial score (nSPS) is 12.5. The summed E-state index contributed by atoms with van der Waals surface area (Å²) in [4.78, 5) is 4.67. The number of ether oxygens (including phenoxy) is 1. The first-order valence-electron chi connectivity index (χ1n) is 9.44. The highest BCUT2D eigenvalue weighted by Crippen LogP contribution is 2.24. The van der Waals surface area contributed by atoms with Gasteiger partial charge in [0, 0.05) is 6.54 Å². The van der Waals surface area contributed by atoms with Crippen LogP contribution in [0.2, 0.25) is 0 Å². The number of aromatic nitrogens is 2. The van der Waals surface area contributed by atoms with E-state index in [-0.39, 0.29) is 0 Å². The van der Waals surface area contributed by atoms with Crippen LogP contribution in [0.15, 0.2) is 42.5 Å². The molecule has 0 unspecified atom stereocenters. The molecule has 0 fully saturated rings. The smallest absolute Gasteiger partial charge is 0.138 e. The fourth-order valence-electron chi connectivity index (χ4n) is 3.27. The number of aliphatic hydroxyl groups is 1. The third kappa shape index (κ3) is 3.91. The van der Waals surface area contributed by atoms with Crippen molar-refractivity contribution < 1.29 is 9.84 Å². The van der Waals surface area contributed by atoms with Crippen molar-refractivity contribution in [2.75, 3.05) is 6.61 Å². The van der Waals surface area contributed by atoms with E-state index in [0.717, 1.165) is 48.4 Å². The van der Waals surface area contributed by atoms with Gasteiger partial charge in [-0.15, -0.1) is 0 Å². The molecule has 0 spiro atoms. The Bertz CT molecular complexity index is 870. The van der Waals surface area contributed by atoms with Crippen LogP contribution in [0.4, 0.5) is 0 Å². The van der Waals surface area contributed by atoms with E-state index in [4.69, 9.17) is 4.74 Å². The van der Waals surface area contributed by atoms with Gasteiger partial charge in [0.25, 0.3) is 0 Å². The largest absolute Gasteiger partial charge is 0.493 e. The second-order valence-electron chi connectivity index (χ2n) is 6.81. The summed E-state index contributed by atoms with van der Waals surface area (Å²) >= 11 is 0. The van der Waals surface area contributed by atoms with Crippen LogP contribution >= 0.6 is 0 Å². The van der Waals surface area contributed by atoms with Crippen LogP contribution in [-0.2, 0) is 6.54 Å². The molecule has 0 aliphatic carbocycles. The van der Waals surface area contributed by atoms with E-state index in [1.807, 2.05) is 30.3 Å². The van der Waals surface area contributed by atoms with Crippen molar-refractivity contribution >= 4 is 11.0 Å². The maximum Gasteiger partial charge on any atom is 0.138 e. The monoisotopic (exact) mass is 352 g/mol. The number of aliphatic hydroxyl groups excluding tert-OH is 1. The second-order valence-corrected chi connectivity index (χ2v) is 6.81. The van der Waals surface area contributed by atoms with Gasteiger partial charge in [0.1, 0.15) is 17.7 Å². The van der Waals surface area contributed by atoms with Gasteiger partial charge < -0.3 is 14.4 Å². The van der Waals surface area contributed by atoms with E-state index in [2.05, 4.69) is 42.5 Å². The molecular formula is C22H28N2O2. The maximum absolute atomic E-state index is 10.5. The van der Waals surface area contributed by atoms with Crippen molar-refractivity contribution in [1.82, 2.24) is 9.55 Å². The number of aryl methyl sites for hydroxylation is 2. The Hall–Kier alpha value is -2.33. The van der Waals surface area contributed by atoms with E-state index < -0.39 is 6.10 Å². The summed E-state index contributed by atoms with van der Waals surface area (Å²) in [6.07, 6.45) is 1.99. The molecule has 0 radical (unpaired) electrons. The highest BCUT2D eigenvalue weighted by molar-refractivity contribution is 5.76. The minimum atomic E-state index is -0.521. The molecule has 4 heteroatoms. The summed E-state index contributed by atoms with van der Waals surface area (Å²) in [6.45, 7) is 7.68. The lowest BCUT2D eigenvalue weighted by Crippen LogP contribution is -2.11. The molecular weight excluding hydrogens is 324 g/mol. The number of fused-ring (bicyclic) bond motifs is 1. The highest BCUT2D eigenvalue weighted by Gasteiger charge is 2.17. The molecule has 138 valence electrons. The van der Waals surface area contributed by atoms with Crippen molar-refractivity contribution in [2.24, 2.45) is 0 Å². The van der Waals surface area contributed by atoms with E-state index in [9.17, 15) is 5.11 Å². The second kappa shape index (κ2) is 8.37. The lowest BCUT2D eigenvalue weighted by Gasteiger charge is -2.14. The number of hydrogen-bond donors (Lipinski definition) is 1. The van der Waals surface area contributed by atoms with Crippen molar-refractivity contribution in [3.8, 4) is 5.75 Å². The zero-order valence-electron chi connectivity index (χ0n) is 15.9. The number of para-hydroxylation sites is 2. The minimum Gasteiger partial charge on any atom is -0.493 e. The van der Waals surface area contributed by atoms with E-state index >= 15 is 0 Å². The summed E-state index contributed by atoms with van der Waals surface area (Å²) in [6, 6.07) is 14.2. The van der Waals surface area contributed by atoms with Gasteiger partial charge in [-0.05, 0) is 56.0 Å². The Labute approximate surface area is 155 Å². The molecule has 0 amide bonds. The molecule has 0 aliphatic heterocycles. The molecule has 0 saturated heterocycles. The first-order chi connectivity index (χ1) is 12.6. The van der Waals surface area contributed by atoms with Crippen molar-refractivity contribution in [3.05, 3.63) is 59.4 Å². The molecule has 3 aromatic rings. The Morgan fingerprint density at radius 3 is 2.73 bits per heavy atom. The Morgan fingerprint density at radius 2 is 1.92 bits per heavy atom. The number of hydrogen-bond acceptors (Lipinski definition) is 3. The summed E-state index contributed by atoms with van der Waals surface area (Å²) < 4.78 is 8.12. The maximum atomic E-state index is 10.5. The molecule has 4 nitrogen and oxygen atoms in total. The standard InChI is InChI=1S/C22H28N2O2/c1-4-9-20(25)22-23-18-11-5-6-12-19(18)24(22)14-8-15-26-21-13-7-10-16(2)17(21)3/h5-7,10-13,20,25H,4,8-9,14-15H2,1-3H3/t20-/m0/s1. The van der Waals surface area contributed by atoms with Gasteiger partial charge in [-0.25, -0.2) is 4.98 Å². The molecule has 1 atom stereocenters. The number of nitrogens with zero attached hydrogens (tertiary/aromatic N) is 2. The summed E-state index contributed by atoms with van der Waals surface area (Å²) in [7, 11) is 0. The quantitative estimate of drug-likeness (QED) is 0.583. The van der Waals surface area contributed by atoms with Crippen LogP contribution in [0.1, 0.15) is 49.2 Å². The lowest BCUT2D eigenvalue weighted by molar-refractivity contribution is 0.152. The predicted molar refractivity (Wildman–Crippen MR) is 106 cm³/mol. The molecule has 2 aromatic carbocycles. The van der Waals surface area contributed by atoms with Crippen molar-refractivity contribution in [2.45, 2.75) is 52.7 Å². The molecule has 1 N–H and O–H groups in total. The number of rotatable bonds is 8. The van der Waals surface area contributed by atoms with Gasteiger partial charge >= 0.3 is 0 Å². The van der Waals surface area contributed by atoms with Crippen LogP contribution in [0.3, 0.4) is 0 Å². The van der Waals surface area contributed by atoms with Crippen LogP contribution in [0, 0.1) is 13.8 Å². The Kier molecular flexibility index (Phi) is 5.94. The molecule has 3 rings (SSSR count). The van der Waals surface area contributed by atoms with Crippen molar-refractivity contribution in [3.63, 3.8) is 0 Å². The van der Waals surface area contributed by atoms with Gasteiger partial charge in [-0.1, -0.05) is 37.6 Å². The molecule has 1 heterocycles. The van der Waals surface area contributed by atoms with Crippen LogP contribution in [-0.4, -0.2) is 21.3 Å². The van der Waals surface area contributed by atoms with Gasteiger partial charge in [0.2, 0.25) is 0 Å². The Morgan fingerprint density at radius 1 is 1.12 bits per heavy atom. The topological polar surface area (TPSA) is 47.3 Å². The zero-order valence-corrected chi connectivity index (χ0v) is 15.9. The summed E-state index contributed by atoms with van der Waals surface area (Å²) in [5.41, 5.74) is 4.45. The molecule has 0 bridgehead atoms. The number of benzene rings is 2. The zero-order chi connectivity index (χ0) is 18.5. The first-order valence-corrected chi connectivity index (χ1v) is 9.44. The molecule has 0 saturated carbocycles. The fourth-order valence-corrected chi connectivity index (χ4v) is 3.27. The van der Waals surface area contributed by atoms with Crippen LogP contribution in [0.5, 0.6) is 5.75 Å². The van der Waals surface area contributed by atoms with Gasteiger partial charge in [0.05, 0.1) is 17.6 Å². The van der Waals surface area contributed by atoms with Crippen molar-refractivity contribution in [1.29, 1.82) is 0 Å². The van der Waals surface area contributed by atoms with Gasteiger partial charge in [0.15, 0.2) is 0 Å². The van der Waals surface area contributed by atoms with E-state index in [1.54, 1.807) is 0 Å². The summed E-state index contributed by atoms with van der Waals surface area (Å²) in [5.74, 6) is 1.71. The average Bonchev–Trinajstić information content (AvgIpc) is 3.01. The highest BCUT2D eigenvalue weighted by atomic mass is 16.5. The molecule has 0 aliphatic rings. The average molecular weight is 352 g/mol. The minimum absolute atomic E-state index is 0.521. The van der Waals surface area contributed by atoms with Crippen LogP contribution in [0.25, 0.3) is 11.0 Å². The van der Waals surface area contributed by atoms with E-state index in [0.29, 0.717) is 6.61 Å². The molecule has 26 heavy (non-hydrogen) atoms. The van der Waals surface area contributed by atoms with Crippen LogP contribution < -0.4 is 4.74 Å². The SMILES string of the molecule is CCC[C@H](O)c1nc2ccccc2n1CCCOc1cccc(C)c1C. The van der Waals surface area contributed by atoms with E-state index in [1.165, 1.54) is 11.1 Å². The first kappa shape index (κ1) is 18.5. The fraction of sp³-hybridized carbons (Fsp3) is 0.409. The third-order valence-corrected chi connectivity index (χ3v) is 4.88. The Balaban J connectivity index is 1.71. The number of imidazole rings is 1. The summed E-state index contributed by atoms with van der Waals surface area (Å²) in [5, 5.41) is 10.5. The third-order valence-electron chi connectivity index (χ3n) is 4.88. The molecule has 1 aromatic heterocycles.